The Bertz CT molecular complexity index is 378. The Labute approximate surface area is 121 Å². The molecular weight excluding hydrogens is 254 g/mol. The number of carbonyl (C=O) groups excluding carboxylic acids is 1. The first-order chi connectivity index (χ1) is 9.40. The van der Waals surface area contributed by atoms with Crippen molar-refractivity contribution in [3.8, 4) is 0 Å². The summed E-state index contributed by atoms with van der Waals surface area (Å²) < 4.78 is 0. The van der Waals surface area contributed by atoms with Gasteiger partial charge in [0.15, 0.2) is 0 Å². The maximum absolute atomic E-state index is 12.2. The summed E-state index contributed by atoms with van der Waals surface area (Å²) in [6.07, 6.45) is 7.72. The molecule has 1 unspecified atom stereocenters. The van der Waals surface area contributed by atoms with Crippen LogP contribution >= 0.6 is 0 Å². The molecular formula is C16H27NO3. The summed E-state index contributed by atoms with van der Waals surface area (Å²) in [5.41, 5.74) is 0.234. The third-order valence-electron chi connectivity index (χ3n) is 5.34. The van der Waals surface area contributed by atoms with Crippen LogP contribution in [0.25, 0.3) is 0 Å². The Hall–Kier alpha value is -1.06. The fourth-order valence-corrected chi connectivity index (χ4v) is 3.86. The van der Waals surface area contributed by atoms with E-state index in [1.54, 1.807) is 0 Å². The minimum absolute atomic E-state index is 0.0446. The maximum Gasteiger partial charge on any atom is 0.308 e. The molecule has 0 aromatic carbocycles. The van der Waals surface area contributed by atoms with E-state index in [4.69, 9.17) is 5.11 Å². The summed E-state index contributed by atoms with van der Waals surface area (Å²) in [7, 11) is 0. The minimum atomic E-state index is -0.772. The Morgan fingerprint density at radius 3 is 2.55 bits per heavy atom. The molecule has 0 radical (unpaired) electrons. The molecule has 4 nitrogen and oxygen atoms in total. The predicted octanol–water partition coefficient (Wildman–Crippen LogP) is 2.96. The Balaban J connectivity index is 1.87. The molecule has 1 amide bonds. The summed E-state index contributed by atoms with van der Waals surface area (Å²) in [6.45, 7) is 4.50. The van der Waals surface area contributed by atoms with E-state index in [-0.39, 0.29) is 17.4 Å². The van der Waals surface area contributed by atoms with Crippen molar-refractivity contribution < 1.29 is 14.7 Å². The molecule has 0 bridgehead atoms. The Morgan fingerprint density at radius 1 is 1.15 bits per heavy atom. The van der Waals surface area contributed by atoms with E-state index >= 15 is 0 Å². The third kappa shape index (κ3) is 3.53. The summed E-state index contributed by atoms with van der Waals surface area (Å²) >= 11 is 0. The lowest BCUT2D eigenvalue weighted by molar-refractivity contribution is -0.142. The quantitative estimate of drug-likeness (QED) is 0.832. The van der Waals surface area contributed by atoms with Crippen molar-refractivity contribution in [2.75, 3.05) is 0 Å². The van der Waals surface area contributed by atoms with Crippen LogP contribution in [0.2, 0.25) is 0 Å². The molecule has 0 aromatic heterocycles. The number of carboxylic acids is 1. The first kappa shape index (κ1) is 15.3. The highest BCUT2D eigenvalue weighted by Crippen LogP contribution is 2.42. The van der Waals surface area contributed by atoms with Gasteiger partial charge in [-0.25, -0.2) is 0 Å². The molecule has 2 rings (SSSR count). The molecule has 2 aliphatic carbocycles. The highest BCUT2D eigenvalue weighted by molar-refractivity contribution is 5.78. The van der Waals surface area contributed by atoms with Gasteiger partial charge in [-0.2, -0.15) is 0 Å². The van der Waals surface area contributed by atoms with Gasteiger partial charge < -0.3 is 10.4 Å². The van der Waals surface area contributed by atoms with Crippen LogP contribution in [-0.4, -0.2) is 23.0 Å². The molecule has 0 aromatic rings. The van der Waals surface area contributed by atoms with Crippen LogP contribution in [-0.2, 0) is 9.59 Å². The maximum atomic E-state index is 12.2. The lowest BCUT2D eigenvalue weighted by Gasteiger charge is -2.38. The molecule has 0 spiro atoms. The molecule has 0 saturated heterocycles. The zero-order chi connectivity index (χ0) is 14.8. The Morgan fingerprint density at radius 2 is 1.90 bits per heavy atom. The first-order valence-corrected chi connectivity index (χ1v) is 7.92. The fourth-order valence-electron chi connectivity index (χ4n) is 3.86. The van der Waals surface area contributed by atoms with Crippen molar-refractivity contribution >= 4 is 11.9 Å². The molecule has 2 aliphatic rings. The number of carbonyl (C=O) groups is 2. The van der Waals surface area contributed by atoms with Crippen LogP contribution < -0.4 is 5.32 Å². The van der Waals surface area contributed by atoms with E-state index in [0.717, 1.165) is 19.3 Å². The molecule has 20 heavy (non-hydrogen) atoms. The number of carboxylic acid groups (broad SMARTS) is 1. The SMILES string of the molecule is CC1(C)CCCCC1CC(=O)N[C@@H]1CCC[C@@H]1C(=O)O. The number of aliphatic carboxylic acids is 1. The fraction of sp³-hybridized carbons (Fsp3) is 0.875. The van der Waals surface area contributed by atoms with Crippen LogP contribution in [0.5, 0.6) is 0 Å². The topological polar surface area (TPSA) is 66.4 Å². The average molecular weight is 281 g/mol. The smallest absolute Gasteiger partial charge is 0.308 e. The monoisotopic (exact) mass is 281 g/mol. The number of hydrogen-bond donors (Lipinski definition) is 2. The second kappa shape index (κ2) is 6.15. The second-order valence-electron chi connectivity index (χ2n) is 7.19. The zero-order valence-electron chi connectivity index (χ0n) is 12.7. The molecule has 0 aliphatic heterocycles. The lowest BCUT2D eigenvalue weighted by atomic mass is 9.67. The van der Waals surface area contributed by atoms with Crippen molar-refractivity contribution in [1.82, 2.24) is 5.32 Å². The molecule has 2 saturated carbocycles. The van der Waals surface area contributed by atoms with E-state index in [9.17, 15) is 9.59 Å². The van der Waals surface area contributed by atoms with Gasteiger partial charge in [0.1, 0.15) is 0 Å². The van der Waals surface area contributed by atoms with Gasteiger partial charge in [-0.1, -0.05) is 33.1 Å². The van der Waals surface area contributed by atoms with Crippen molar-refractivity contribution in [2.24, 2.45) is 17.3 Å². The third-order valence-corrected chi connectivity index (χ3v) is 5.34. The number of hydrogen-bond acceptors (Lipinski definition) is 2. The van der Waals surface area contributed by atoms with E-state index < -0.39 is 11.9 Å². The van der Waals surface area contributed by atoms with Crippen LogP contribution in [0, 0.1) is 17.3 Å². The molecule has 114 valence electrons. The standard InChI is InChI=1S/C16H27NO3/c1-16(2)9-4-3-6-11(16)10-14(18)17-13-8-5-7-12(13)15(19)20/h11-13H,3-10H2,1-2H3,(H,17,18)(H,19,20)/t11?,12-,13+/m0/s1. The molecule has 2 N–H and O–H groups in total. The van der Waals surface area contributed by atoms with Crippen molar-refractivity contribution in [3.63, 3.8) is 0 Å². The number of nitrogens with one attached hydrogen (secondary N) is 1. The normalized spacial score (nSPS) is 32.8. The second-order valence-corrected chi connectivity index (χ2v) is 7.19. The van der Waals surface area contributed by atoms with Gasteiger partial charge in [0.2, 0.25) is 5.91 Å². The van der Waals surface area contributed by atoms with E-state index in [1.807, 2.05) is 0 Å². The lowest BCUT2D eigenvalue weighted by Crippen LogP contribution is -2.42. The van der Waals surface area contributed by atoms with Gasteiger partial charge in [0.25, 0.3) is 0 Å². The summed E-state index contributed by atoms with van der Waals surface area (Å²) in [5.74, 6) is -0.687. The molecule has 3 atom stereocenters. The molecule has 4 heteroatoms. The van der Waals surface area contributed by atoms with E-state index in [2.05, 4.69) is 19.2 Å². The van der Waals surface area contributed by atoms with Gasteiger partial charge in [-0.05, 0) is 37.0 Å². The average Bonchev–Trinajstić information content (AvgIpc) is 2.80. The van der Waals surface area contributed by atoms with Gasteiger partial charge in [-0.3, -0.25) is 9.59 Å². The molecule has 0 heterocycles. The number of rotatable bonds is 4. The van der Waals surface area contributed by atoms with Crippen molar-refractivity contribution in [1.29, 1.82) is 0 Å². The van der Waals surface area contributed by atoms with Crippen LogP contribution in [0.4, 0.5) is 0 Å². The van der Waals surface area contributed by atoms with Crippen molar-refractivity contribution in [3.05, 3.63) is 0 Å². The highest BCUT2D eigenvalue weighted by atomic mass is 16.4. The minimum Gasteiger partial charge on any atom is -0.481 e. The van der Waals surface area contributed by atoms with E-state index in [1.165, 1.54) is 19.3 Å². The molecule has 2 fully saturated rings. The van der Waals surface area contributed by atoms with Crippen molar-refractivity contribution in [2.45, 2.75) is 71.3 Å². The first-order valence-electron chi connectivity index (χ1n) is 7.92. The van der Waals surface area contributed by atoms with Crippen LogP contribution in [0.3, 0.4) is 0 Å². The summed E-state index contributed by atoms with van der Waals surface area (Å²) in [4.78, 5) is 23.4. The van der Waals surface area contributed by atoms with Crippen LogP contribution in [0.1, 0.15) is 65.2 Å². The predicted molar refractivity (Wildman–Crippen MR) is 77.3 cm³/mol. The number of amides is 1. The van der Waals surface area contributed by atoms with Gasteiger partial charge in [0.05, 0.1) is 5.92 Å². The van der Waals surface area contributed by atoms with Gasteiger partial charge in [0, 0.05) is 12.5 Å². The highest BCUT2D eigenvalue weighted by Gasteiger charge is 2.36. The zero-order valence-corrected chi connectivity index (χ0v) is 12.7. The van der Waals surface area contributed by atoms with Crippen LogP contribution in [0.15, 0.2) is 0 Å². The largest absolute Gasteiger partial charge is 0.481 e. The summed E-state index contributed by atoms with van der Waals surface area (Å²) in [5, 5.41) is 12.1. The Kier molecular flexibility index (Phi) is 4.71. The van der Waals surface area contributed by atoms with Gasteiger partial charge in [-0.15, -0.1) is 0 Å². The van der Waals surface area contributed by atoms with Gasteiger partial charge >= 0.3 is 5.97 Å². The summed E-state index contributed by atoms with van der Waals surface area (Å²) in [6, 6.07) is -0.160. The van der Waals surface area contributed by atoms with E-state index in [0.29, 0.717) is 18.8 Å².